The fourth-order valence-corrected chi connectivity index (χ4v) is 1.80. The summed E-state index contributed by atoms with van der Waals surface area (Å²) in [6, 6.07) is 4.85. The molecule has 1 unspecified atom stereocenters. The maximum absolute atomic E-state index is 12.0. The highest BCUT2D eigenvalue weighted by molar-refractivity contribution is 6.32. The number of methoxy groups -OCH3 is 1. The number of carbonyl (C=O) groups is 1. The van der Waals surface area contributed by atoms with Gasteiger partial charge in [0, 0.05) is 18.2 Å². The lowest BCUT2D eigenvalue weighted by atomic mass is 10.1. The summed E-state index contributed by atoms with van der Waals surface area (Å²) in [5.74, 6) is 0.282. The van der Waals surface area contributed by atoms with Gasteiger partial charge in [0.2, 0.25) is 0 Å². The number of rotatable bonds is 6. The molecule has 4 nitrogen and oxygen atoms in total. The van der Waals surface area contributed by atoms with Crippen molar-refractivity contribution in [3.63, 3.8) is 0 Å². The predicted molar refractivity (Wildman–Crippen MR) is 71.3 cm³/mol. The molecule has 0 heterocycles. The number of amides is 1. The Hall–Kier alpha value is -1.26. The van der Waals surface area contributed by atoms with Gasteiger partial charge in [-0.1, -0.05) is 18.5 Å². The second kappa shape index (κ2) is 7.24. The van der Waals surface area contributed by atoms with Crippen molar-refractivity contribution in [3.05, 3.63) is 28.8 Å². The fourth-order valence-electron chi connectivity index (χ4n) is 1.60. The monoisotopic (exact) mass is 271 g/mol. The third-order valence-corrected chi connectivity index (χ3v) is 3.03. The highest BCUT2D eigenvalue weighted by Crippen LogP contribution is 2.25. The Balaban J connectivity index is 2.77. The van der Waals surface area contributed by atoms with Crippen molar-refractivity contribution in [1.29, 1.82) is 0 Å². The molecule has 1 atom stereocenters. The van der Waals surface area contributed by atoms with E-state index >= 15 is 0 Å². The van der Waals surface area contributed by atoms with Crippen LogP contribution in [0.15, 0.2) is 18.2 Å². The van der Waals surface area contributed by atoms with Gasteiger partial charge in [0.25, 0.3) is 5.91 Å². The minimum absolute atomic E-state index is 0.0239. The SMILES string of the molecule is CCC(CCO)NC(=O)c1ccc(Cl)c(OC)c1. The molecule has 100 valence electrons. The van der Waals surface area contributed by atoms with Crippen LogP contribution in [0.3, 0.4) is 0 Å². The molecule has 0 spiro atoms. The topological polar surface area (TPSA) is 58.6 Å². The smallest absolute Gasteiger partial charge is 0.251 e. The number of hydrogen-bond acceptors (Lipinski definition) is 3. The minimum atomic E-state index is -0.190. The van der Waals surface area contributed by atoms with Gasteiger partial charge in [-0.2, -0.15) is 0 Å². The van der Waals surface area contributed by atoms with Crippen molar-refractivity contribution < 1.29 is 14.6 Å². The molecule has 1 amide bonds. The molecule has 1 aromatic rings. The molecule has 0 fully saturated rings. The first-order chi connectivity index (χ1) is 8.62. The van der Waals surface area contributed by atoms with Crippen LogP contribution in [0.5, 0.6) is 5.75 Å². The van der Waals surface area contributed by atoms with Crippen LogP contribution < -0.4 is 10.1 Å². The summed E-state index contributed by atoms with van der Waals surface area (Å²) in [4.78, 5) is 12.0. The van der Waals surface area contributed by atoms with Crippen LogP contribution in [-0.4, -0.2) is 30.8 Å². The van der Waals surface area contributed by atoms with Gasteiger partial charge < -0.3 is 15.2 Å². The molecule has 0 saturated carbocycles. The van der Waals surface area contributed by atoms with Crippen molar-refractivity contribution in [3.8, 4) is 5.75 Å². The molecule has 0 bridgehead atoms. The molecule has 18 heavy (non-hydrogen) atoms. The summed E-state index contributed by atoms with van der Waals surface area (Å²) < 4.78 is 5.06. The molecule has 0 aromatic heterocycles. The number of carbonyl (C=O) groups excluding carboxylic acids is 1. The van der Waals surface area contributed by atoms with E-state index in [0.717, 1.165) is 6.42 Å². The van der Waals surface area contributed by atoms with E-state index in [0.29, 0.717) is 22.8 Å². The summed E-state index contributed by atoms with van der Waals surface area (Å²) in [7, 11) is 1.50. The molecule has 0 aliphatic rings. The van der Waals surface area contributed by atoms with Crippen molar-refractivity contribution in [2.24, 2.45) is 0 Å². The van der Waals surface area contributed by atoms with E-state index in [-0.39, 0.29) is 18.6 Å². The maximum Gasteiger partial charge on any atom is 0.251 e. The molecule has 5 heteroatoms. The summed E-state index contributed by atoms with van der Waals surface area (Å²) >= 11 is 5.89. The number of aliphatic hydroxyl groups excluding tert-OH is 1. The third kappa shape index (κ3) is 3.89. The average Bonchev–Trinajstić information content (AvgIpc) is 2.38. The summed E-state index contributed by atoms with van der Waals surface area (Å²) in [5, 5.41) is 12.2. The van der Waals surface area contributed by atoms with Gasteiger partial charge in [-0.25, -0.2) is 0 Å². The van der Waals surface area contributed by atoms with Crippen LogP contribution in [0.2, 0.25) is 5.02 Å². The van der Waals surface area contributed by atoms with E-state index in [1.165, 1.54) is 7.11 Å². The van der Waals surface area contributed by atoms with Crippen molar-refractivity contribution in [2.45, 2.75) is 25.8 Å². The van der Waals surface area contributed by atoms with E-state index in [1.807, 2.05) is 6.92 Å². The average molecular weight is 272 g/mol. The minimum Gasteiger partial charge on any atom is -0.495 e. The van der Waals surface area contributed by atoms with Crippen molar-refractivity contribution in [1.82, 2.24) is 5.32 Å². The molecule has 0 aliphatic heterocycles. The Bertz CT molecular complexity index is 409. The van der Waals surface area contributed by atoms with Crippen LogP contribution in [0.25, 0.3) is 0 Å². The standard InChI is InChI=1S/C13H18ClNO3/c1-3-10(6-7-16)15-13(17)9-4-5-11(14)12(8-9)18-2/h4-5,8,10,16H,3,6-7H2,1-2H3,(H,15,17). The van der Waals surface area contributed by atoms with E-state index < -0.39 is 0 Å². The van der Waals surface area contributed by atoms with Gasteiger partial charge in [0.15, 0.2) is 0 Å². The number of nitrogens with one attached hydrogen (secondary N) is 1. The fraction of sp³-hybridized carbons (Fsp3) is 0.462. The number of ether oxygens (including phenoxy) is 1. The van der Waals surface area contributed by atoms with Crippen LogP contribution in [0, 0.1) is 0 Å². The second-order valence-corrected chi connectivity index (χ2v) is 4.35. The van der Waals surface area contributed by atoms with E-state index in [2.05, 4.69) is 5.32 Å². The normalized spacial score (nSPS) is 12.0. The largest absolute Gasteiger partial charge is 0.495 e. The third-order valence-electron chi connectivity index (χ3n) is 2.72. The first-order valence-corrected chi connectivity index (χ1v) is 6.25. The summed E-state index contributed by atoms with van der Waals surface area (Å²) in [5.41, 5.74) is 0.493. The van der Waals surface area contributed by atoms with Gasteiger partial charge >= 0.3 is 0 Å². The van der Waals surface area contributed by atoms with Crippen LogP contribution in [0.4, 0.5) is 0 Å². The molecule has 1 aromatic carbocycles. The maximum atomic E-state index is 12.0. The lowest BCUT2D eigenvalue weighted by molar-refractivity contribution is 0.0929. The number of aliphatic hydroxyl groups is 1. The van der Waals surface area contributed by atoms with E-state index in [1.54, 1.807) is 18.2 Å². The Labute approximate surface area is 112 Å². The highest BCUT2D eigenvalue weighted by Gasteiger charge is 2.13. The van der Waals surface area contributed by atoms with Gasteiger partial charge in [0.1, 0.15) is 5.75 Å². The van der Waals surface area contributed by atoms with Crippen molar-refractivity contribution >= 4 is 17.5 Å². The van der Waals surface area contributed by atoms with Crippen LogP contribution >= 0.6 is 11.6 Å². The number of halogens is 1. The predicted octanol–water partition coefficient (Wildman–Crippen LogP) is 2.24. The van der Waals surface area contributed by atoms with E-state index in [9.17, 15) is 4.79 Å². The first kappa shape index (κ1) is 14.8. The lowest BCUT2D eigenvalue weighted by Crippen LogP contribution is -2.35. The van der Waals surface area contributed by atoms with Crippen LogP contribution in [-0.2, 0) is 0 Å². The van der Waals surface area contributed by atoms with Crippen LogP contribution in [0.1, 0.15) is 30.1 Å². The van der Waals surface area contributed by atoms with Gasteiger partial charge in [0.05, 0.1) is 12.1 Å². The Kier molecular flexibility index (Phi) is 5.95. The molecular formula is C13H18ClNO3. The quantitative estimate of drug-likeness (QED) is 0.834. The zero-order valence-corrected chi connectivity index (χ0v) is 11.3. The number of benzene rings is 1. The summed E-state index contributed by atoms with van der Waals surface area (Å²) in [6.45, 7) is 2.02. The Morgan fingerprint density at radius 3 is 2.83 bits per heavy atom. The van der Waals surface area contributed by atoms with Gasteiger partial charge in [-0.3, -0.25) is 4.79 Å². The highest BCUT2D eigenvalue weighted by atomic mass is 35.5. The molecule has 1 rings (SSSR count). The number of hydrogen-bond donors (Lipinski definition) is 2. The Morgan fingerprint density at radius 2 is 2.28 bits per heavy atom. The van der Waals surface area contributed by atoms with Gasteiger partial charge in [-0.05, 0) is 31.0 Å². The molecule has 0 radical (unpaired) electrons. The second-order valence-electron chi connectivity index (χ2n) is 3.94. The molecule has 0 saturated heterocycles. The molecule has 2 N–H and O–H groups in total. The zero-order chi connectivity index (χ0) is 13.5. The van der Waals surface area contributed by atoms with Gasteiger partial charge in [-0.15, -0.1) is 0 Å². The van der Waals surface area contributed by atoms with Crippen molar-refractivity contribution in [2.75, 3.05) is 13.7 Å². The van der Waals surface area contributed by atoms with E-state index in [4.69, 9.17) is 21.4 Å². The molecule has 0 aliphatic carbocycles. The molecular weight excluding hydrogens is 254 g/mol. The zero-order valence-electron chi connectivity index (χ0n) is 10.6. The first-order valence-electron chi connectivity index (χ1n) is 5.87. The lowest BCUT2D eigenvalue weighted by Gasteiger charge is -2.16. The summed E-state index contributed by atoms with van der Waals surface area (Å²) in [6.07, 6.45) is 1.32. The Morgan fingerprint density at radius 1 is 1.56 bits per heavy atom.